The number of carbonyl (C=O) groups is 1. The standard InChI is InChI=1S/C10H21N3O3/c1-16-9-3-2-4-11-5-6-12-7-8-13-10(14)15/h2-3,11-13H,4-9H2,1H3,(H,14,15)/b3-2+. The Kier molecular flexibility index (Phi) is 11.1. The molecule has 0 atom stereocenters. The molecule has 6 nitrogen and oxygen atoms in total. The molecule has 0 rings (SSSR count). The Morgan fingerprint density at radius 2 is 1.88 bits per heavy atom. The summed E-state index contributed by atoms with van der Waals surface area (Å²) >= 11 is 0. The van der Waals surface area contributed by atoms with Gasteiger partial charge in [-0.1, -0.05) is 12.2 Å². The summed E-state index contributed by atoms with van der Waals surface area (Å²) in [7, 11) is 1.66. The van der Waals surface area contributed by atoms with Gasteiger partial charge in [0.1, 0.15) is 0 Å². The molecule has 4 N–H and O–H groups in total. The summed E-state index contributed by atoms with van der Waals surface area (Å²) in [5.41, 5.74) is 0. The lowest BCUT2D eigenvalue weighted by Gasteiger charge is -2.04. The molecule has 0 aliphatic rings. The average Bonchev–Trinajstić information content (AvgIpc) is 2.25. The van der Waals surface area contributed by atoms with Crippen LogP contribution in [0.5, 0.6) is 0 Å². The molecule has 0 bridgehead atoms. The maximum Gasteiger partial charge on any atom is 0.404 e. The minimum atomic E-state index is -0.983. The molecule has 0 aliphatic heterocycles. The van der Waals surface area contributed by atoms with Gasteiger partial charge >= 0.3 is 6.09 Å². The van der Waals surface area contributed by atoms with Crippen LogP contribution in [0.15, 0.2) is 12.2 Å². The van der Waals surface area contributed by atoms with E-state index in [1.807, 2.05) is 12.2 Å². The largest absolute Gasteiger partial charge is 0.465 e. The van der Waals surface area contributed by atoms with Gasteiger partial charge in [0, 0.05) is 39.8 Å². The van der Waals surface area contributed by atoms with E-state index in [9.17, 15) is 4.79 Å². The number of ether oxygens (including phenoxy) is 1. The van der Waals surface area contributed by atoms with Crippen LogP contribution in [0.1, 0.15) is 0 Å². The second kappa shape index (κ2) is 12.0. The number of hydrogen-bond donors (Lipinski definition) is 4. The molecule has 0 spiro atoms. The molecule has 0 aromatic carbocycles. The highest BCUT2D eigenvalue weighted by Gasteiger charge is 1.91. The summed E-state index contributed by atoms with van der Waals surface area (Å²) in [6, 6.07) is 0. The van der Waals surface area contributed by atoms with E-state index in [4.69, 9.17) is 9.84 Å². The zero-order chi connectivity index (χ0) is 12.1. The van der Waals surface area contributed by atoms with Gasteiger partial charge in [-0.3, -0.25) is 0 Å². The first-order valence-corrected chi connectivity index (χ1v) is 5.29. The van der Waals surface area contributed by atoms with Gasteiger partial charge in [0.15, 0.2) is 0 Å². The van der Waals surface area contributed by atoms with Crippen LogP contribution in [0.3, 0.4) is 0 Å². The van der Waals surface area contributed by atoms with Crippen molar-refractivity contribution in [1.29, 1.82) is 0 Å². The zero-order valence-corrected chi connectivity index (χ0v) is 9.66. The van der Waals surface area contributed by atoms with E-state index in [0.717, 1.165) is 19.6 Å². The fourth-order valence-electron chi connectivity index (χ4n) is 0.993. The zero-order valence-electron chi connectivity index (χ0n) is 9.66. The Labute approximate surface area is 96.1 Å². The molecule has 0 fully saturated rings. The molecule has 0 saturated heterocycles. The third-order valence-corrected chi connectivity index (χ3v) is 1.75. The van der Waals surface area contributed by atoms with Crippen molar-refractivity contribution < 1.29 is 14.6 Å². The molecule has 0 saturated carbocycles. The van der Waals surface area contributed by atoms with Crippen LogP contribution < -0.4 is 16.0 Å². The number of methoxy groups -OCH3 is 1. The molecule has 94 valence electrons. The number of nitrogens with one attached hydrogen (secondary N) is 3. The minimum Gasteiger partial charge on any atom is -0.465 e. The van der Waals surface area contributed by atoms with E-state index in [0.29, 0.717) is 19.7 Å². The van der Waals surface area contributed by atoms with Crippen molar-refractivity contribution in [2.45, 2.75) is 0 Å². The van der Waals surface area contributed by atoms with Crippen molar-refractivity contribution in [3.63, 3.8) is 0 Å². The molecule has 6 heteroatoms. The van der Waals surface area contributed by atoms with Gasteiger partial charge in [-0.05, 0) is 0 Å². The summed E-state index contributed by atoms with van der Waals surface area (Å²) in [4.78, 5) is 10.1. The number of carboxylic acid groups (broad SMARTS) is 1. The topological polar surface area (TPSA) is 82.6 Å². The van der Waals surface area contributed by atoms with Crippen LogP contribution in [-0.2, 0) is 4.74 Å². The van der Waals surface area contributed by atoms with Crippen molar-refractivity contribution >= 4 is 6.09 Å². The lowest BCUT2D eigenvalue weighted by molar-refractivity contribution is 0.194. The van der Waals surface area contributed by atoms with E-state index < -0.39 is 6.09 Å². The highest BCUT2D eigenvalue weighted by atomic mass is 16.5. The van der Waals surface area contributed by atoms with E-state index in [1.165, 1.54) is 0 Å². The summed E-state index contributed by atoms with van der Waals surface area (Å²) in [6.45, 7) is 4.21. The smallest absolute Gasteiger partial charge is 0.404 e. The summed E-state index contributed by atoms with van der Waals surface area (Å²) in [6.07, 6.45) is 2.98. The Morgan fingerprint density at radius 3 is 2.56 bits per heavy atom. The second-order valence-electron chi connectivity index (χ2n) is 3.11. The van der Waals surface area contributed by atoms with Gasteiger partial charge in [0.25, 0.3) is 0 Å². The molecule has 0 aromatic heterocycles. The Bertz CT molecular complexity index is 198. The SMILES string of the molecule is COC/C=C/CNCCNCCNC(=O)O. The van der Waals surface area contributed by atoms with Gasteiger partial charge in [0.2, 0.25) is 0 Å². The molecule has 0 unspecified atom stereocenters. The molecule has 16 heavy (non-hydrogen) atoms. The maximum atomic E-state index is 10.1. The van der Waals surface area contributed by atoms with Gasteiger partial charge in [0.05, 0.1) is 6.61 Å². The summed E-state index contributed by atoms with van der Waals surface area (Å²) in [5.74, 6) is 0. The van der Waals surface area contributed by atoms with Gasteiger partial charge in [-0.2, -0.15) is 0 Å². The maximum absolute atomic E-state index is 10.1. The number of rotatable bonds is 10. The predicted octanol–water partition coefficient (Wildman–Crippen LogP) is -0.364. The predicted molar refractivity (Wildman–Crippen MR) is 62.8 cm³/mol. The monoisotopic (exact) mass is 231 g/mol. The normalized spacial score (nSPS) is 10.8. The van der Waals surface area contributed by atoms with Crippen LogP contribution in [0.25, 0.3) is 0 Å². The Morgan fingerprint density at radius 1 is 1.19 bits per heavy atom. The molecule has 0 aromatic rings. The van der Waals surface area contributed by atoms with Gasteiger partial charge in [-0.15, -0.1) is 0 Å². The summed E-state index contributed by atoms with van der Waals surface area (Å²) < 4.78 is 4.85. The Hall–Kier alpha value is -1.11. The van der Waals surface area contributed by atoms with Crippen LogP contribution >= 0.6 is 0 Å². The molecular weight excluding hydrogens is 210 g/mol. The van der Waals surface area contributed by atoms with Crippen LogP contribution in [0, 0.1) is 0 Å². The minimum absolute atomic E-state index is 0.434. The fraction of sp³-hybridized carbons (Fsp3) is 0.700. The van der Waals surface area contributed by atoms with Crippen molar-refractivity contribution in [2.24, 2.45) is 0 Å². The summed E-state index contributed by atoms with van der Waals surface area (Å²) in [5, 5.41) is 16.9. The molecule has 0 heterocycles. The first-order chi connectivity index (χ1) is 7.77. The molecular formula is C10H21N3O3. The third kappa shape index (κ3) is 12.9. The average molecular weight is 231 g/mol. The van der Waals surface area contributed by atoms with E-state index in [-0.39, 0.29) is 0 Å². The van der Waals surface area contributed by atoms with Crippen molar-refractivity contribution in [2.75, 3.05) is 46.4 Å². The van der Waals surface area contributed by atoms with Crippen LogP contribution in [-0.4, -0.2) is 57.6 Å². The quantitative estimate of drug-likeness (QED) is 0.305. The van der Waals surface area contributed by atoms with E-state index in [1.54, 1.807) is 7.11 Å². The fourth-order valence-corrected chi connectivity index (χ4v) is 0.993. The van der Waals surface area contributed by atoms with Crippen molar-refractivity contribution in [3.8, 4) is 0 Å². The molecule has 1 amide bonds. The first-order valence-electron chi connectivity index (χ1n) is 5.29. The molecule has 0 aliphatic carbocycles. The van der Waals surface area contributed by atoms with E-state index in [2.05, 4.69) is 16.0 Å². The molecule has 0 radical (unpaired) electrons. The number of hydrogen-bond acceptors (Lipinski definition) is 4. The van der Waals surface area contributed by atoms with Gasteiger partial charge in [-0.25, -0.2) is 4.79 Å². The van der Waals surface area contributed by atoms with E-state index >= 15 is 0 Å². The highest BCUT2D eigenvalue weighted by Crippen LogP contribution is 1.72. The lowest BCUT2D eigenvalue weighted by atomic mass is 10.5. The Balaban J connectivity index is 3.01. The number of amides is 1. The van der Waals surface area contributed by atoms with Crippen LogP contribution in [0.2, 0.25) is 0 Å². The first kappa shape index (κ1) is 14.9. The van der Waals surface area contributed by atoms with Crippen molar-refractivity contribution in [1.82, 2.24) is 16.0 Å². The van der Waals surface area contributed by atoms with Gasteiger partial charge < -0.3 is 25.8 Å². The second-order valence-corrected chi connectivity index (χ2v) is 3.11. The van der Waals surface area contributed by atoms with Crippen molar-refractivity contribution in [3.05, 3.63) is 12.2 Å². The van der Waals surface area contributed by atoms with Crippen LogP contribution in [0.4, 0.5) is 4.79 Å². The highest BCUT2D eigenvalue weighted by molar-refractivity contribution is 5.64. The lowest BCUT2D eigenvalue weighted by Crippen LogP contribution is -2.34. The third-order valence-electron chi connectivity index (χ3n) is 1.75.